The lowest BCUT2D eigenvalue weighted by Gasteiger charge is -2.07. The molecular weight excluding hydrogens is 278 g/mol. The van der Waals surface area contributed by atoms with E-state index in [1.54, 1.807) is 17.5 Å². The minimum Gasteiger partial charge on any atom is -0.322 e. The number of hydrogen-bond donors (Lipinski definition) is 1. The molecule has 19 heavy (non-hydrogen) atoms. The van der Waals surface area contributed by atoms with Crippen molar-refractivity contribution in [3.63, 3.8) is 0 Å². The second kappa shape index (κ2) is 6.54. The highest BCUT2D eigenvalue weighted by Gasteiger charge is 2.16. The molecule has 0 saturated heterocycles. The lowest BCUT2D eigenvalue weighted by Crippen LogP contribution is -2.21. The average Bonchev–Trinajstić information content (AvgIpc) is 2.40. The van der Waals surface area contributed by atoms with Gasteiger partial charge in [0.05, 0.1) is 4.21 Å². The predicted molar refractivity (Wildman–Crippen MR) is 81.4 cm³/mol. The van der Waals surface area contributed by atoms with Crippen molar-refractivity contribution in [2.24, 2.45) is 0 Å². The van der Waals surface area contributed by atoms with Gasteiger partial charge in [0.2, 0.25) is 0 Å². The van der Waals surface area contributed by atoms with Crippen molar-refractivity contribution < 1.29 is 4.79 Å². The van der Waals surface area contributed by atoms with Crippen molar-refractivity contribution in [2.75, 3.05) is 11.1 Å². The van der Waals surface area contributed by atoms with Crippen molar-refractivity contribution in [3.8, 4) is 0 Å². The summed E-state index contributed by atoms with van der Waals surface area (Å²) >= 11 is 2.93. The van der Waals surface area contributed by atoms with Gasteiger partial charge in [0.15, 0.2) is 5.43 Å². The minimum absolute atomic E-state index is 0.233. The fourth-order valence-electron chi connectivity index (χ4n) is 1.56. The molecule has 5 heteroatoms. The molecule has 3 nitrogen and oxygen atoms in total. The number of nitrogens with one attached hydrogen (secondary N) is 1. The van der Waals surface area contributed by atoms with Gasteiger partial charge in [0.25, 0.3) is 5.91 Å². The van der Waals surface area contributed by atoms with Crippen LogP contribution in [0, 0.1) is 0 Å². The third kappa shape index (κ3) is 3.45. The number of carbonyl (C=O) groups excluding carboxylic acids is 1. The van der Waals surface area contributed by atoms with Crippen LogP contribution < -0.4 is 10.7 Å². The minimum atomic E-state index is -0.344. The summed E-state index contributed by atoms with van der Waals surface area (Å²) in [6.07, 6.45) is 0. The maximum atomic E-state index is 12.2. The van der Waals surface area contributed by atoms with E-state index in [2.05, 4.69) is 5.32 Å². The Balaban J connectivity index is 2.31. The number of para-hydroxylation sites is 1. The zero-order chi connectivity index (χ0) is 13.7. The topological polar surface area (TPSA) is 46.2 Å². The molecule has 2 aromatic rings. The monoisotopic (exact) mass is 291 g/mol. The summed E-state index contributed by atoms with van der Waals surface area (Å²) in [5, 5.41) is 4.47. The van der Waals surface area contributed by atoms with Crippen LogP contribution in [-0.4, -0.2) is 11.7 Å². The largest absolute Gasteiger partial charge is 0.322 e. The Kier molecular flexibility index (Phi) is 4.76. The first-order chi connectivity index (χ1) is 9.22. The molecule has 98 valence electrons. The summed E-state index contributed by atoms with van der Waals surface area (Å²) in [7, 11) is 0. The number of benzene rings is 1. The van der Waals surface area contributed by atoms with Gasteiger partial charge in [0, 0.05) is 5.69 Å². The van der Waals surface area contributed by atoms with E-state index in [1.165, 1.54) is 29.2 Å². The standard InChI is InChI=1S/C14H13NO2S2/c1-2-18-14-12(11(16)8-9-19-14)13(17)15-10-6-4-3-5-7-10/h3-9H,2H2,1H3,(H,15,17). The third-order valence-electron chi connectivity index (χ3n) is 2.38. The van der Waals surface area contributed by atoms with E-state index in [-0.39, 0.29) is 16.9 Å². The molecule has 0 unspecified atom stereocenters. The van der Waals surface area contributed by atoms with Crippen molar-refractivity contribution in [1.82, 2.24) is 0 Å². The summed E-state index contributed by atoms with van der Waals surface area (Å²) in [4.78, 5) is 24.1. The second-order valence-corrected chi connectivity index (χ2v) is 6.15. The number of anilines is 1. The Morgan fingerprint density at radius 1 is 1.26 bits per heavy atom. The van der Waals surface area contributed by atoms with Gasteiger partial charge in [-0.05, 0) is 29.3 Å². The fraction of sp³-hybridized carbons (Fsp3) is 0.143. The van der Waals surface area contributed by atoms with E-state index in [9.17, 15) is 9.59 Å². The van der Waals surface area contributed by atoms with Gasteiger partial charge >= 0.3 is 0 Å². The highest BCUT2D eigenvalue weighted by Crippen LogP contribution is 2.25. The van der Waals surface area contributed by atoms with Crippen LogP contribution in [0.4, 0.5) is 5.69 Å². The normalized spacial score (nSPS) is 10.2. The van der Waals surface area contributed by atoms with Gasteiger partial charge in [-0.15, -0.1) is 23.1 Å². The van der Waals surface area contributed by atoms with Gasteiger partial charge in [-0.2, -0.15) is 0 Å². The van der Waals surface area contributed by atoms with E-state index >= 15 is 0 Å². The maximum absolute atomic E-state index is 12.2. The van der Waals surface area contributed by atoms with Crippen molar-refractivity contribution in [2.45, 2.75) is 11.1 Å². The van der Waals surface area contributed by atoms with E-state index in [0.717, 1.165) is 9.96 Å². The molecular formula is C14H13NO2S2. The molecule has 0 fully saturated rings. The summed E-state index contributed by atoms with van der Waals surface area (Å²) in [6.45, 7) is 1.99. The van der Waals surface area contributed by atoms with Gasteiger partial charge in [-0.1, -0.05) is 25.1 Å². The third-order valence-corrected chi connectivity index (χ3v) is 4.47. The first kappa shape index (κ1) is 13.8. The van der Waals surface area contributed by atoms with E-state index in [4.69, 9.17) is 0 Å². The number of amides is 1. The molecule has 1 amide bonds. The van der Waals surface area contributed by atoms with Crippen LogP contribution in [0.2, 0.25) is 0 Å². The highest BCUT2D eigenvalue weighted by molar-refractivity contribution is 8.01. The van der Waals surface area contributed by atoms with E-state index in [1.807, 2.05) is 25.1 Å². The molecule has 2 rings (SSSR count). The summed E-state index contributed by atoms with van der Waals surface area (Å²) in [5.74, 6) is 0.481. The lowest BCUT2D eigenvalue weighted by atomic mass is 10.2. The maximum Gasteiger partial charge on any atom is 0.261 e. The molecule has 0 aliphatic rings. The molecule has 0 aliphatic heterocycles. The molecule has 0 atom stereocenters. The first-order valence-electron chi connectivity index (χ1n) is 5.83. The zero-order valence-corrected chi connectivity index (χ0v) is 12.0. The predicted octanol–water partition coefficient (Wildman–Crippen LogP) is 3.47. The summed E-state index contributed by atoms with van der Waals surface area (Å²) in [6, 6.07) is 10.6. The summed E-state index contributed by atoms with van der Waals surface area (Å²) in [5.41, 5.74) is 0.694. The SMILES string of the molecule is CCSc1sccc(=O)c1C(=O)Nc1ccccc1. The van der Waals surface area contributed by atoms with Crippen LogP contribution in [0.25, 0.3) is 0 Å². The number of thioether (sulfide) groups is 1. The molecule has 0 saturated carbocycles. The van der Waals surface area contributed by atoms with Crippen LogP contribution >= 0.6 is 23.1 Å². The highest BCUT2D eigenvalue weighted by atomic mass is 32.2. The molecule has 0 spiro atoms. The quantitative estimate of drug-likeness (QED) is 0.877. The number of hydrogen-bond acceptors (Lipinski definition) is 4. The van der Waals surface area contributed by atoms with Crippen LogP contribution in [-0.2, 0) is 0 Å². The van der Waals surface area contributed by atoms with Gasteiger partial charge in [-0.25, -0.2) is 0 Å². The van der Waals surface area contributed by atoms with Crippen LogP contribution in [0.15, 0.2) is 50.8 Å². The Bertz CT molecular complexity index is 623. The van der Waals surface area contributed by atoms with E-state index < -0.39 is 0 Å². The molecule has 0 bridgehead atoms. The van der Waals surface area contributed by atoms with Crippen molar-refractivity contribution in [3.05, 3.63) is 57.6 Å². The average molecular weight is 291 g/mol. The van der Waals surface area contributed by atoms with Crippen LogP contribution in [0.3, 0.4) is 0 Å². The second-order valence-electron chi connectivity index (χ2n) is 3.70. The van der Waals surface area contributed by atoms with Gasteiger partial charge < -0.3 is 5.32 Å². The Labute approximate surface area is 119 Å². The molecule has 1 aromatic carbocycles. The summed E-state index contributed by atoms with van der Waals surface area (Å²) < 4.78 is 0.767. The van der Waals surface area contributed by atoms with E-state index in [0.29, 0.717) is 5.69 Å². The molecule has 0 radical (unpaired) electrons. The molecule has 1 aromatic heterocycles. The van der Waals surface area contributed by atoms with Gasteiger partial charge in [0.1, 0.15) is 5.56 Å². The molecule has 1 heterocycles. The Morgan fingerprint density at radius 3 is 2.68 bits per heavy atom. The molecule has 0 aliphatic carbocycles. The lowest BCUT2D eigenvalue weighted by molar-refractivity contribution is 0.102. The fourth-order valence-corrected chi connectivity index (χ4v) is 3.58. The smallest absolute Gasteiger partial charge is 0.261 e. The van der Waals surface area contributed by atoms with Crippen molar-refractivity contribution >= 4 is 34.7 Å². The van der Waals surface area contributed by atoms with Gasteiger partial charge in [-0.3, -0.25) is 9.59 Å². The Morgan fingerprint density at radius 2 is 2.00 bits per heavy atom. The first-order valence-corrected chi connectivity index (χ1v) is 7.70. The van der Waals surface area contributed by atoms with Crippen LogP contribution in [0.5, 0.6) is 0 Å². The van der Waals surface area contributed by atoms with Crippen LogP contribution in [0.1, 0.15) is 17.3 Å². The number of rotatable bonds is 4. The Hall–Kier alpha value is -1.59. The number of carbonyl (C=O) groups is 1. The molecule has 1 N–H and O–H groups in total. The zero-order valence-electron chi connectivity index (χ0n) is 10.4. The van der Waals surface area contributed by atoms with Crippen molar-refractivity contribution in [1.29, 1.82) is 0 Å².